The van der Waals surface area contributed by atoms with Gasteiger partial charge in [-0.2, -0.15) is 0 Å². The van der Waals surface area contributed by atoms with Gasteiger partial charge in [-0.25, -0.2) is 0 Å². The van der Waals surface area contributed by atoms with Crippen LogP contribution in [0, 0.1) is 0 Å². The van der Waals surface area contributed by atoms with Crippen molar-refractivity contribution >= 4 is 34.1 Å². The molecule has 1 aromatic carbocycles. The fraction of sp³-hybridized carbons (Fsp3) is 0.389. The Hall–Kier alpha value is -2.46. The Labute approximate surface area is 170 Å². The summed E-state index contributed by atoms with van der Waals surface area (Å²) in [5, 5.41) is 21.8. The molecule has 0 radical (unpaired) electrons. The van der Waals surface area contributed by atoms with Crippen molar-refractivity contribution in [1.82, 2.24) is 25.0 Å². The van der Waals surface area contributed by atoms with E-state index in [1.54, 1.807) is 7.11 Å². The van der Waals surface area contributed by atoms with Crippen LogP contribution < -0.4 is 10.1 Å². The maximum Gasteiger partial charge on any atom is 0.236 e. The van der Waals surface area contributed by atoms with E-state index in [2.05, 4.69) is 25.7 Å². The van der Waals surface area contributed by atoms with Crippen molar-refractivity contribution in [1.29, 1.82) is 0 Å². The second-order valence-electron chi connectivity index (χ2n) is 6.34. The topological polar surface area (TPSA) is 94.8 Å². The minimum absolute atomic E-state index is 0.125. The van der Waals surface area contributed by atoms with Gasteiger partial charge in [0.25, 0.3) is 0 Å². The second-order valence-corrected chi connectivity index (χ2v) is 8.29. The normalized spacial score (nSPS) is 13.5. The smallest absolute Gasteiger partial charge is 0.236 e. The third-order valence-electron chi connectivity index (χ3n) is 4.33. The Bertz CT molecular complexity index is 965. The van der Waals surface area contributed by atoms with E-state index in [1.165, 1.54) is 35.9 Å². The maximum atomic E-state index is 12.3. The number of benzene rings is 1. The molecule has 1 saturated carbocycles. The molecule has 0 bridgehead atoms. The van der Waals surface area contributed by atoms with Crippen LogP contribution in [0.3, 0.4) is 0 Å². The highest BCUT2D eigenvalue weighted by molar-refractivity contribution is 7.99. The molecule has 1 aliphatic carbocycles. The zero-order chi connectivity index (χ0) is 19.5. The minimum atomic E-state index is -0.125. The Kier molecular flexibility index (Phi) is 5.58. The fourth-order valence-corrected chi connectivity index (χ4v) is 4.43. The summed E-state index contributed by atoms with van der Waals surface area (Å²) in [5.74, 6) is 2.21. The van der Waals surface area contributed by atoms with Crippen LogP contribution in [0.5, 0.6) is 5.75 Å². The summed E-state index contributed by atoms with van der Waals surface area (Å²) in [7, 11) is 1.64. The van der Waals surface area contributed by atoms with Crippen molar-refractivity contribution in [3.05, 3.63) is 29.3 Å². The second kappa shape index (κ2) is 8.27. The molecule has 146 valence electrons. The van der Waals surface area contributed by atoms with Crippen LogP contribution in [-0.2, 0) is 11.3 Å². The van der Waals surface area contributed by atoms with Crippen LogP contribution in [-0.4, -0.2) is 43.7 Å². The number of ether oxygens (including phenoxy) is 1. The molecule has 0 saturated heterocycles. The summed E-state index contributed by atoms with van der Waals surface area (Å²) in [5.41, 5.74) is 0.952. The van der Waals surface area contributed by atoms with Gasteiger partial charge in [0.2, 0.25) is 11.0 Å². The van der Waals surface area contributed by atoms with E-state index in [4.69, 9.17) is 4.74 Å². The first-order valence-corrected chi connectivity index (χ1v) is 10.8. The number of nitrogens with one attached hydrogen (secondary N) is 1. The molecule has 2 heterocycles. The molecular weight excluding hydrogens is 396 g/mol. The highest BCUT2D eigenvalue weighted by atomic mass is 32.2. The zero-order valence-corrected chi connectivity index (χ0v) is 17.2. The standard InChI is InChI=1S/C18H20N6O2S2/c1-3-24-15(11-6-8-13(26-2)9-7-11)20-23-18(24)27-10-14(25)19-17-22-21-16(28-17)12-4-5-12/h6-9,12H,3-5,10H2,1-2H3,(H,19,22,25). The van der Waals surface area contributed by atoms with E-state index in [0.717, 1.165) is 22.1 Å². The lowest BCUT2D eigenvalue weighted by atomic mass is 10.2. The minimum Gasteiger partial charge on any atom is -0.497 e. The van der Waals surface area contributed by atoms with Crippen molar-refractivity contribution < 1.29 is 9.53 Å². The summed E-state index contributed by atoms with van der Waals surface area (Å²) >= 11 is 2.82. The first kappa shape index (κ1) is 18.9. The highest BCUT2D eigenvalue weighted by Gasteiger charge is 2.27. The molecule has 1 aliphatic rings. The van der Waals surface area contributed by atoms with Crippen molar-refractivity contribution in [3.8, 4) is 17.1 Å². The van der Waals surface area contributed by atoms with Gasteiger partial charge in [-0.1, -0.05) is 23.1 Å². The van der Waals surface area contributed by atoms with Crippen LogP contribution in [0.1, 0.15) is 30.7 Å². The summed E-state index contributed by atoms with van der Waals surface area (Å²) < 4.78 is 7.19. The van der Waals surface area contributed by atoms with E-state index in [0.29, 0.717) is 22.8 Å². The van der Waals surface area contributed by atoms with Crippen molar-refractivity contribution in [2.24, 2.45) is 0 Å². The molecule has 0 atom stereocenters. The van der Waals surface area contributed by atoms with Crippen LogP contribution in [0.2, 0.25) is 0 Å². The lowest BCUT2D eigenvalue weighted by Gasteiger charge is -2.08. The van der Waals surface area contributed by atoms with Gasteiger partial charge in [-0.3, -0.25) is 10.1 Å². The molecule has 8 nitrogen and oxygen atoms in total. The molecule has 2 aromatic heterocycles. The lowest BCUT2D eigenvalue weighted by molar-refractivity contribution is -0.113. The fourth-order valence-electron chi connectivity index (χ4n) is 2.70. The first-order chi connectivity index (χ1) is 13.7. The predicted octanol–water partition coefficient (Wildman–Crippen LogP) is 3.43. The van der Waals surface area contributed by atoms with E-state index in [1.807, 2.05) is 35.8 Å². The van der Waals surface area contributed by atoms with Gasteiger partial charge < -0.3 is 9.30 Å². The van der Waals surface area contributed by atoms with Gasteiger partial charge in [0.15, 0.2) is 11.0 Å². The average molecular weight is 417 g/mol. The first-order valence-electron chi connectivity index (χ1n) is 9.01. The summed E-state index contributed by atoms with van der Waals surface area (Å²) in [6.07, 6.45) is 2.34. The third-order valence-corrected chi connectivity index (χ3v) is 6.30. The largest absolute Gasteiger partial charge is 0.497 e. The number of rotatable bonds is 8. The Morgan fingerprint density at radius 1 is 1.25 bits per heavy atom. The Balaban J connectivity index is 1.39. The number of carbonyl (C=O) groups excluding carboxylic acids is 1. The van der Waals surface area contributed by atoms with Crippen LogP contribution in [0.25, 0.3) is 11.4 Å². The number of methoxy groups -OCH3 is 1. The van der Waals surface area contributed by atoms with Crippen LogP contribution in [0.15, 0.2) is 29.4 Å². The Morgan fingerprint density at radius 2 is 2.04 bits per heavy atom. The summed E-state index contributed by atoms with van der Waals surface area (Å²) in [4.78, 5) is 12.3. The molecule has 0 spiro atoms. The number of hydrogen-bond acceptors (Lipinski definition) is 8. The van der Waals surface area contributed by atoms with Gasteiger partial charge >= 0.3 is 0 Å². The number of amides is 1. The molecule has 1 N–H and O–H groups in total. The molecule has 3 aromatic rings. The van der Waals surface area contributed by atoms with Crippen LogP contribution >= 0.6 is 23.1 Å². The number of carbonyl (C=O) groups is 1. The van der Waals surface area contributed by atoms with Crippen molar-refractivity contribution in [2.45, 2.75) is 37.4 Å². The van der Waals surface area contributed by atoms with Gasteiger partial charge in [0.1, 0.15) is 10.8 Å². The quantitative estimate of drug-likeness (QED) is 0.562. The number of thioether (sulfide) groups is 1. The number of hydrogen-bond donors (Lipinski definition) is 1. The number of anilines is 1. The number of nitrogens with zero attached hydrogens (tertiary/aromatic N) is 5. The summed E-state index contributed by atoms with van der Waals surface area (Å²) in [6.45, 7) is 2.74. The predicted molar refractivity (Wildman–Crippen MR) is 109 cm³/mol. The van der Waals surface area contributed by atoms with E-state index in [-0.39, 0.29) is 11.7 Å². The van der Waals surface area contributed by atoms with Gasteiger partial charge in [0.05, 0.1) is 12.9 Å². The molecule has 1 fully saturated rings. The molecule has 0 aliphatic heterocycles. The molecular formula is C18H20N6O2S2. The maximum absolute atomic E-state index is 12.3. The van der Waals surface area contributed by atoms with E-state index >= 15 is 0 Å². The van der Waals surface area contributed by atoms with Gasteiger partial charge in [0, 0.05) is 18.0 Å². The van der Waals surface area contributed by atoms with E-state index in [9.17, 15) is 4.79 Å². The SMILES string of the molecule is CCn1c(SCC(=O)Nc2nnc(C3CC3)s2)nnc1-c1ccc(OC)cc1. The van der Waals surface area contributed by atoms with Gasteiger partial charge in [-0.05, 0) is 44.0 Å². The van der Waals surface area contributed by atoms with E-state index < -0.39 is 0 Å². The molecule has 1 amide bonds. The molecule has 0 unspecified atom stereocenters. The molecule has 28 heavy (non-hydrogen) atoms. The Morgan fingerprint density at radius 3 is 2.71 bits per heavy atom. The van der Waals surface area contributed by atoms with Crippen molar-refractivity contribution in [2.75, 3.05) is 18.2 Å². The van der Waals surface area contributed by atoms with Crippen molar-refractivity contribution in [3.63, 3.8) is 0 Å². The zero-order valence-electron chi connectivity index (χ0n) is 15.6. The highest BCUT2D eigenvalue weighted by Crippen LogP contribution is 2.42. The summed E-state index contributed by atoms with van der Waals surface area (Å²) in [6, 6.07) is 7.68. The van der Waals surface area contributed by atoms with Crippen LogP contribution in [0.4, 0.5) is 5.13 Å². The third kappa shape index (κ3) is 4.17. The molecule has 10 heteroatoms. The number of aromatic nitrogens is 5. The molecule has 4 rings (SSSR count). The average Bonchev–Trinajstić information content (AvgIpc) is 3.33. The monoisotopic (exact) mass is 416 g/mol. The van der Waals surface area contributed by atoms with Gasteiger partial charge in [-0.15, -0.1) is 20.4 Å². The lowest BCUT2D eigenvalue weighted by Crippen LogP contribution is -2.14.